The summed E-state index contributed by atoms with van der Waals surface area (Å²) in [6.07, 6.45) is 5.11. The molecular weight excluding hydrogens is 308 g/mol. The molecule has 0 spiro atoms. The lowest BCUT2D eigenvalue weighted by molar-refractivity contribution is 0.220. The van der Waals surface area contributed by atoms with Gasteiger partial charge < -0.3 is 9.67 Å². The van der Waals surface area contributed by atoms with Crippen LogP contribution in [0.4, 0.5) is 0 Å². The first-order chi connectivity index (χ1) is 12.1. The summed E-state index contributed by atoms with van der Waals surface area (Å²) in [6, 6.07) is 14.3. The molecule has 128 valence electrons. The van der Waals surface area contributed by atoms with E-state index in [9.17, 15) is 5.11 Å². The number of nitrogens with zero attached hydrogens (tertiary/aromatic N) is 2. The summed E-state index contributed by atoms with van der Waals surface area (Å²) in [5, 5.41) is 10.7. The van der Waals surface area contributed by atoms with Crippen molar-refractivity contribution in [1.29, 1.82) is 0 Å². The van der Waals surface area contributed by atoms with Crippen LogP contribution in [0.1, 0.15) is 47.0 Å². The monoisotopic (exact) mass is 332 g/mol. The molecule has 0 radical (unpaired) electrons. The fourth-order valence-electron chi connectivity index (χ4n) is 3.52. The highest BCUT2D eigenvalue weighted by molar-refractivity contribution is 5.59. The Labute approximate surface area is 149 Å². The molecule has 0 amide bonds. The van der Waals surface area contributed by atoms with Gasteiger partial charge in [-0.15, -0.1) is 0 Å². The molecule has 4 rings (SSSR count). The average molecular weight is 332 g/mol. The van der Waals surface area contributed by atoms with Crippen LogP contribution in [0.25, 0.3) is 11.3 Å². The third kappa shape index (κ3) is 3.12. The molecule has 1 aliphatic rings. The highest BCUT2D eigenvalue weighted by Gasteiger charge is 2.15. The van der Waals surface area contributed by atoms with E-state index < -0.39 is 6.10 Å². The van der Waals surface area contributed by atoms with Gasteiger partial charge in [-0.1, -0.05) is 42.5 Å². The number of benzene rings is 2. The number of aliphatic hydroxyl groups is 1. The predicted molar refractivity (Wildman–Crippen MR) is 101 cm³/mol. The van der Waals surface area contributed by atoms with Crippen molar-refractivity contribution in [1.82, 2.24) is 9.55 Å². The van der Waals surface area contributed by atoms with Crippen LogP contribution in [0.15, 0.2) is 48.7 Å². The maximum absolute atomic E-state index is 10.7. The van der Waals surface area contributed by atoms with Crippen molar-refractivity contribution in [3.8, 4) is 11.3 Å². The molecule has 25 heavy (non-hydrogen) atoms. The Morgan fingerprint density at radius 1 is 0.960 bits per heavy atom. The minimum Gasteiger partial charge on any atom is -0.384 e. The average Bonchev–Trinajstić information content (AvgIpc) is 3.08. The van der Waals surface area contributed by atoms with E-state index >= 15 is 0 Å². The first-order valence-electron chi connectivity index (χ1n) is 9.03. The van der Waals surface area contributed by atoms with Crippen molar-refractivity contribution in [2.75, 3.05) is 0 Å². The van der Waals surface area contributed by atoms with Crippen LogP contribution < -0.4 is 0 Å². The third-order valence-corrected chi connectivity index (χ3v) is 5.28. The minimum atomic E-state index is -0.594. The molecule has 0 saturated heterocycles. The predicted octanol–water partition coefficient (Wildman–Crippen LogP) is 4.58. The number of rotatable bonds is 3. The third-order valence-electron chi connectivity index (χ3n) is 5.28. The zero-order valence-corrected chi connectivity index (χ0v) is 14.9. The van der Waals surface area contributed by atoms with E-state index in [1.165, 1.54) is 29.8 Å². The molecule has 1 unspecified atom stereocenters. The summed E-state index contributed by atoms with van der Waals surface area (Å²) in [5.74, 6) is 1.19. The van der Waals surface area contributed by atoms with Gasteiger partial charge in [0.2, 0.25) is 0 Å². The molecule has 0 fully saturated rings. The number of aliphatic hydroxyl groups excluding tert-OH is 1. The van der Waals surface area contributed by atoms with Gasteiger partial charge in [-0.2, -0.15) is 0 Å². The van der Waals surface area contributed by atoms with Crippen molar-refractivity contribution in [3.63, 3.8) is 0 Å². The zero-order chi connectivity index (χ0) is 17.4. The Morgan fingerprint density at radius 3 is 2.44 bits per heavy atom. The van der Waals surface area contributed by atoms with Gasteiger partial charge in [0.05, 0.1) is 5.69 Å². The van der Waals surface area contributed by atoms with Gasteiger partial charge in [0, 0.05) is 24.7 Å². The maximum atomic E-state index is 10.7. The van der Waals surface area contributed by atoms with Crippen LogP contribution in [0.2, 0.25) is 0 Å². The summed E-state index contributed by atoms with van der Waals surface area (Å²) >= 11 is 0. The van der Waals surface area contributed by atoms with Crippen LogP contribution in [0, 0.1) is 13.8 Å². The van der Waals surface area contributed by atoms with Crippen LogP contribution in [0.3, 0.4) is 0 Å². The van der Waals surface area contributed by atoms with Crippen molar-refractivity contribution in [3.05, 3.63) is 76.7 Å². The lowest BCUT2D eigenvalue weighted by atomic mass is 9.97. The lowest BCUT2D eigenvalue weighted by Crippen LogP contribution is -2.08. The topological polar surface area (TPSA) is 38.0 Å². The van der Waals surface area contributed by atoms with Crippen molar-refractivity contribution in [2.45, 2.75) is 45.8 Å². The molecule has 3 aromatic rings. The number of fused-ring (bicyclic) bond motifs is 1. The SMILES string of the molecule is Cc1ccc(C(O)c2ccc(-c3cn4c(n3)CCCC4)cc2)cc1C. The highest BCUT2D eigenvalue weighted by Crippen LogP contribution is 2.27. The van der Waals surface area contributed by atoms with Gasteiger partial charge in [0.15, 0.2) is 0 Å². The maximum Gasteiger partial charge on any atom is 0.109 e. The van der Waals surface area contributed by atoms with Gasteiger partial charge in [-0.05, 0) is 48.9 Å². The first kappa shape index (κ1) is 16.1. The Balaban J connectivity index is 1.59. The van der Waals surface area contributed by atoms with Crippen molar-refractivity contribution >= 4 is 0 Å². The number of hydrogen-bond donors (Lipinski definition) is 1. The van der Waals surface area contributed by atoms with E-state index in [0.29, 0.717) is 0 Å². The lowest BCUT2D eigenvalue weighted by Gasteiger charge is -2.13. The molecule has 1 N–H and O–H groups in total. The number of hydrogen-bond acceptors (Lipinski definition) is 2. The van der Waals surface area contributed by atoms with E-state index in [1.807, 2.05) is 18.2 Å². The van der Waals surface area contributed by atoms with Crippen molar-refractivity contribution < 1.29 is 5.11 Å². The molecule has 1 aliphatic heterocycles. The smallest absolute Gasteiger partial charge is 0.109 e. The minimum absolute atomic E-state index is 0.594. The summed E-state index contributed by atoms with van der Waals surface area (Å²) in [6.45, 7) is 5.24. The van der Waals surface area contributed by atoms with Gasteiger partial charge in [0.1, 0.15) is 11.9 Å². The normalized spacial score (nSPS) is 15.0. The van der Waals surface area contributed by atoms with Crippen LogP contribution in [0.5, 0.6) is 0 Å². The Morgan fingerprint density at radius 2 is 1.72 bits per heavy atom. The molecule has 3 heteroatoms. The molecular formula is C22H24N2O. The summed E-state index contributed by atoms with van der Waals surface area (Å²) in [5.41, 5.74) is 6.44. The van der Waals surface area contributed by atoms with Gasteiger partial charge >= 0.3 is 0 Å². The van der Waals surface area contributed by atoms with Crippen LogP contribution in [-0.4, -0.2) is 14.7 Å². The number of aromatic nitrogens is 2. The Kier molecular flexibility index (Phi) is 4.18. The van der Waals surface area contributed by atoms with Gasteiger partial charge in [-0.25, -0.2) is 4.98 Å². The van der Waals surface area contributed by atoms with E-state index in [4.69, 9.17) is 4.98 Å². The quantitative estimate of drug-likeness (QED) is 0.762. The second kappa shape index (κ2) is 6.49. The largest absolute Gasteiger partial charge is 0.384 e. The van der Waals surface area contributed by atoms with E-state index in [-0.39, 0.29) is 0 Å². The van der Waals surface area contributed by atoms with E-state index in [2.05, 4.69) is 48.9 Å². The van der Waals surface area contributed by atoms with E-state index in [1.54, 1.807) is 0 Å². The van der Waals surface area contributed by atoms with Crippen LogP contribution in [-0.2, 0) is 13.0 Å². The Bertz CT molecular complexity index is 869. The molecule has 2 aromatic carbocycles. The fraction of sp³-hybridized carbons (Fsp3) is 0.318. The molecule has 3 nitrogen and oxygen atoms in total. The number of aryl methyl sites for hydroxylation is 4. The zero-order valence-electron chi connectivity index (χ0n) is 14.9. The Hall–Kier alpha value is -2.39. The van der Waals surface area contributed by atoms with Crippen molar-refractivity contribution in [2.24, 2.45) is 0 Å². The summed E-state index contributed by atoms with van der Waals surface area (Å²) < 4.78 is 2.27. The van der Waals surface area contributed by atoms with Gasteiger partial charge in [-0.3, -0.25) is 0 Å². The molecule has 2 heterocycles. The van der Waals surface area contributed by atoms with Gasteiger partial charge in [0.25, 0.3) is 0 Å². The molecule has 1 aromatic heterocycles. The second-order valence-electron chi connectivity index (χ2n) is 7.06. The standard InChI is InChI=1S/C22H24N2O/c1-15-6-7-19(13-16(15)2)22(25)18-10-8-17(9-11-18)20-14-24-12-4-3-5-21(24)23-20/h6-11,13-14,22,25H,3-5,12H2,1-2H3. The molecule has 0 aliphatic carbocycles. The molecule has 0 bridgehead atoms. The van der Waals surface area contributed by atoms with Crippen LogP contribution >= 0.6 is 0 Å². The summed E-state index contributed by atoms with van der Waals surface area (Å²) in [7, 11) is 0. The highest BCUT2D eigenvalue weighted by atomic mass is 16.3. The fourth-order valence-corrected chi connectivity index (χ4v) is 3.52. The first-order valence-corrected chi connectivity index (χ1v) is 9.03. The number of imidazole rings is 1. The van der Waals surface area contributed by atoms with E-state index in [0.717, 1.165) is 35.3 Å². The molecule has 1 atom stereocenters. The second-order valence-corrected chi connectivity index (χ2v) is 7.06. The molecule has 0 saturated carbocycles. The summed E-state index contributed by atoms with van der Waals surface area (Å²) in [4.78, 5) is 4.78.